The van der Waals surface area contributed by atoms with E-state index in [0.717, 1.165) is 30.8 Å². The SMILES string of the molecule is CCC(C)(C(N)c1cnccc1N)N1CCCCC1. The molecule has 4 N–H and O–H groups in total. The molecule has 1 aliphatic rings. The van der Waals surface area contributed by atoms with Crippen molar-refractivity contribution in [1.29, 1.82) is 0 Å². The van der Waals surface area contributed by atoms with E-state index in [9.17, 15) is 0 Å². The monoisotopic (exact) mass is 262 g/mol. The summed E-state index contributed by atoms with van der Waals surface area (Å²) in [5.41, 5.74) is 14.3. The van der Waals surface area contributed by atoms with Gasteiger partial charge in [-0.1, -0.05) is 13.3 Å². The third-order valence-electron chi connectivity index (χ3n) is 4.69. The second-order valence-corrected chi connectivity index (χ2v) is 5.74. The number of nitrogens with zero attached hydrogens (tertiary/aromatic N) is 2. The van der Waals surface area contributed by atoms with Crippen LogP contribution in [0, 0.1) is 0 Å². The van der Waals surface area contributed by atoms with Crippen LogP contribution >= 0.6 is 0 Å². The van der Waals surface area contributed by atoms with Crippen molar-refractivity contribution in [3.05, 3.63) is 24.0 Å². The molecule has 4 heteroatoms. The van der Waals surface area contributed by atoms with Gasteiger partial charge in [-0.15, -0.1) is 0 Å². The number of pyridine rings is 1. The fourth-order valence-electron chi connectivity index (χ4n) is 3.06. The number of rotatable bonds is 4. The number of nitrogen functional groups attached to an aromatic ring is 1. The minimum absolute atomic E-state index is 0.0441. The first-order valence-corrected chi connectivity index (χ1v) is 7.29. The Balaban J connectivity index is 2.27. The van der Waals surface area contributed by atoms with E-state index < -0.39 is 0 Å². The van der Waals surface area contributed by atoms with Crippen molar-refractivity contribution in [2.75, 3.05) is 18.8 Å². The van der Waals surface area contributed by atoms with Gasteiger partial charge in [-0.2, -0.15) is 0 Å². The van der Waals surface area contributed by atoms with E-state index in [-0.39, 0.29) is 11.6 Å². The van der Waals surface area contributed by atoms with Crippen molar-refractivity contribution >= 4 is 5.69 Å². The van der Waals surface area contributed by atoms with Gasteiger partial charge in [-0.05, 0) is 45.3 Å². The van der Waals surface area contributed by atoms with E-state index >= 15 is 0 Å². The highest BCUT2D eigenvalue weighted by atomic mass is 15.2. The molecule has 0 aliphatic carbocycles. The Labute approximate surface area is 116 Å². The Morgan fingerprint density at radius 3 is 2.63 bits per heavy atom. The third kappa shape index (κ3) is 2.74. The number of hydrogen-bond acceptors (Lipinski definition) is 4. The molecule has 0 aromatic carbocycles. The van der Waals surface area contributed by atoms with E-state index in [4.69, 9.17) is 11.5 Å². The van der Waals surface area contributed by atoms with Crippen LogP contribution in [0.1, 0.15) is 51.1 Å². The Hall–Kier alpha value is -1.13. The van der Waals surface area contributed by atoms with Crippen molar-refractivity contribution in [3.63, 3.8) is 0 Å². The zero-order chi connectivity index (χ0) is 13.9. The van der Waals surface area contributed by atoms with Crippen molar-refractivity contribution in [2.45, 2.75) is 51.1 Å². The molecule has 0 saturated carbocycles. The van der Waals surface area contributed by atoms with Gasteiger partial charge in [0.15, 0.2) is 0 Å². The second kappa shape index (κ2) is 5.88. The van der Waals surface area contributed by atoms with E-state index in [2.05, 4.69) is 23.7 Å². The van der Waals surface area contributed by atoms with Crippen LogP contribution in [0.2, 0.25) is 0 Å². The molecule has 2 rings (SSSR count). The largest absolute Gasteiger partial charge is 0.398 e. The summed E-state index contributed by atoms with van der Waals surface area (Å²) in [7, 11) is 0. The van der Waals surface area contributed by atoms with E-state index in [1.165, 1.54) is 19.3 Å². The Kier molecular flexibility index (Phi) is 4.42. The molecule has 106 valence electrons. The van der Waals surface area contributed by atoms with Crippen molar-refractivity contribution < 1.29 is 0 Å². The first kappa shape index (κ1) is 14.3. The minimum Gasteiger partial charge on any atom is -0.398 e. The van der Waals surface area contributed by atoms with Crippen LogP contribution < -0.4 is 11.5 Å². The normalized spacial score (nSPS) is 21.8. The molecule has 19 heavy (non-hydrogen) atoms. The molecule has 2 atom stereocenters. The number of hydrogen-bond donors (Lipinski definition) is 2. The molecular formula is C15H26N4. The summed E-state index contributed by atoms with van der Waals surface area (Å²) in [6.45, 7) is 6.74. The van der Waals surface area contributed by atoms with Crippen LogP contribution in [0.15, 0.2) is 18.5 Å². The standard InChI is InChI=1S/C15H26N4/c1-3-15(2,19-9-5-4-6-10-19)14(17)12-11-18-8-7-13(12)16/h7-8,11,14H,3-6,9-10,17H2,1-2H3,(H2,16,18). The van der Waals surface area contributed by atoms with E-state index in [1.54, 1.807) is 6.20 Å². The maximum absolute atomic E-state index is 6.55. The number of nitrogens with two attached hydrogens (primary N) is 2. The van der Waals surface area contributed by atoms with Crippen LogP contribution in [0.5, 0.6) is 0 Å². The molecule has 0 bridgehead atoms. The summed E-state index contributed by atoms with van der Waals surface area (Å²) in [6, 6.07) is 1.74. The minimum atomic E-state index is -0.0932. The lowest BCUT2D eigenvalue weighted by Crippen LogP contribution is -2.54. The maximum Gasteiger partial charge on any atom is 0.0515 e. The topological polar surface area (TPSA) is 68.2 Å². The first-order chi connectivity index (χ1) is 9.09. The summed E-state index contributed by atoms with van der Waals surface area (Å²) in [5.74, 6) is 0. The Morgan fingerprint density at radius 1 is 1.37 bits per heavy atom. The average Bonchev–Trinajstić information content (AvgIpc) is 2.47. The maximum atomic E-state index is 6.55. The van der Waals surface area contributed by atoms with Gasteiger partial charge in [0.1, 0.15) is 0 Å². The molecule has 1 aromatic heterocycles. The second-order valence-electron chi connectivity index (χ2n) is 5.74. The number of piperidine rings is 1. The van der Waals surface area contributed by atoms with Gasteiger partial charge in [0, 0.05) is 29.2 Å². The molecule has 0 radical (unpaired) electrons. The van der Waals surface area contributed by atoms with Crippen LogP contribution in [0.25, 0.3) is 0 Å². The van der Waals surface area contributed by atoms with Crippen molar-refractivity contribution in [1.82, 2.24) is 9.88 Å². The predicted octanol–water partition coefficient (Wildman–Crippen LogP) is 2.32. The third-order valence-corrected chi connectivity index (χ3v) is 4.69. The lowest BCUT2D eigenvalue weighted by Gasteiger charge is -2.47. The summed E-state index contributed by atoms with van der Waals surface area (Å²) in [4.78, 5) is 6.72. The summed E-state index contributed by atoms with van der Waals surface area (Å²) in [5, 5.41) is 0. The van der Waals surface area contributed by atoms with Gasteiger partial charge < -0.3 is 11.5 Å². The van der Waals surface area contributed by atoms with Crippen LogP contribution in [-0.4, -0.2) is 28.5 Å². The van der Waals surface area contributed by atoms with Gasteiger partial charge in [-0.25, -0.2) is 0 Å². The van der Waals surface area contributed by atoms with Gasteiger partial charge in [0.25, 0.3) is 0 Å². The Bertz CT molecular complexity index is 414. The molecule has 2 heterocycles. The molecular weight excluding hydrogens is 236 g/mol. The molecule has 0 spiro atoms. The molecule has 1 aromatic rings. The highest BCUT2D eigenvalue weighted by molar-refractivity contribution is 5.47. The van der Waals surface area contributed by atoms with Crippen LogP contribution in [0.4, 0.5) is 5.69 Å². The van der Waals surface area contributed by atoms with Gasteiger partial charge in [0.2, 0.25) is 0 Å². The highest BCUT2D eigenvalue weighted by Gasteiger charge is 2.38. The lowest BCUT2D eigenvalue weighted by atomic mass is 9.82. The summed E-state index contributed by atoms with van der Waals surface area (Å²) < 4.78 is 0. The molecule has 4 nitrogen and oxygen atoms in total. The summed E-state index contributed by atoms with van der Waals surface area (Å²) in [6.07, 6.45) is 8.42. The van der Waals surface area contributed by atoms with Crippen LogP contribution in [0.3, 0.4) is 0 Å². The van der Waals surface area contributed by atoms with Crippen LogP contribution in [-0.2, 0) is 0 Å². The zero-order valence-electron chi connectivity index (χ0n) is 12.1. The smallest absolute Gasteiger partial charge is 0.0515 e. The molecule has 1 saturated heterocycles. The van der Waals surface area contributed by atoms with Gasteiger partial charge in [0.05, 0.1) is 6.04 Å². The highest BCUT2D eigenvalue weighted by Crippen LogP contribution is 2.35. The zero-order valence-corrected chi connectivity index (χ0v) is 12.1. The molecule has 1 aliphatic heterocycles. The van der Waals surface area contributed by atoms with E-state index in [1.807, 2.05) is 12.3 Å². The number of likely N-dealkylation sites (tertiary alicyclic amines) is 1. The molecule has 1 fully saturated rings. The van der Waals surface area contributed by atoms with Crippen molar-refractivity contribution in [2.24, 2.45) is 5.73 Å². The number of aromatic nitrogens is 1. The fraction of sp³-hybridized carbons (Fsp3) is 0.667. The number of anilines is 1. The van der Waals surface area contributed by atoms with Gasteiger partial charge >= 0.3 is 0 Å². The molecule has 2 unspecified atom stereocenters. The average molecular weight is 262 g/mol. The lowest BCUT2D eigenvalue weighted by molar-refractivity contribution is 0.0543. The predicted molar refractivity (Wildman–Crippen MR) is 79.7 cm³/mol. The van der Waals surface area contributed by atoms with Crippen molar-refractivity contribution in [3.8, 4) is 0 Å². The molecule has 0 amide bonds. The quantitative estimate of drug-likeness (QED) is 0.873. The summed E-state index contributed by atoms with van der Waals surface area (Å²) >= 11 is 0. The van der Waals surface area contributed by atoms with Gasteiger partial charge in [-0.3, -0.25) is 9.88 Å². The first-order valence-electron chi connectivity index (χ1n) is 7.29. The Morgan fingerprint density at radius 2 is 2.05 bits per heavy atom. The fourth-order valence-corrected chi connectivity index (χ4v) is 3.06. The van der Waals surface area contributed by atoms with E-state index in [0.29, 0.717) is 0 Å².